The first-order valence-corrected chi connectivity index (χ1v) is 9.17. The molecule has 6 heteroatoms. The molecule has 0 aliphatic carbocycles. The van der Waals surface area contributed by atoms with Gasteiger partial charge in [0.1, 0.15) is 5.82 Å². The van der Waals surface area contributed by atoms with Crippen LogP contribution < -0.4 is 9.64 Å². The van der Waals surface area contributed by atoms with Gasteiger partial charge >= 0.3 is 0 Å². The minimum atomic E-state index is 0.447. The Balaban J connectivity index is 1.65. The van der Waals surface area contributed by atoms with E-state index in [4.69, 9.17) is 14.5 Å². The summed E-state index contributed by atoms with van der Waals surface area (Å²) in [5.74, 6) is 2.09. The van der Waals surface area contributed by atoms with Crippen molar-refractivity contribution in [2.45, 2.75) is 20.4 Å². The van der Waals surface area contributed by atoms with Crippen molar-refractivity contribution in [2.75, 3.05) is 37.8 Å². The van der Waals surface area contributed by atoms with E-state index in [1.807, 2.05) is 18.3 Å². The third-order valence-electron chi connectivity index (χ3n) is 4.55. The van der Waals surface area contributed by atoms with Crippen LogP contribution in [0.5, 0.6) is 5.88 Å². The van der Waals surface area contributed by atoms with Gasteiger partial charge in [-0.05, 0) is 29.7 Å². The van der Waals surface area contributed by atoms with Gasteiger partial charge in [0, 0.05) is 31.0 Å². The van der Waals surface area contributed by atoms with Gasteiger partial charge in [-0.2, -0.15) is 0 Å². The largest absolute Gasteiger partial charge is 0.477 e. The molecule has 2 aromatic rings. The van der Waals surface area contributed by atoms with Crippen LogP contribution in [0.2, 0.25) is 0 Å². The Morgan fingerprint density at radius 3 is 2.77 bits per heavy atom. The molecule has 2 aliphatic heterocycles. The lowest BCUT2D eigenvalue weighted by Gasteiger charge is -2.28. The fraction of sp³-hybridized carbons (Fsp3) is 0.450. The number of fused-ring (bicyclic) bond motifs is 1. The van der Waals surface area contributed by atoms with Crippen molar-refractivity contribution in [1.29, 1.82) is 0 Å². The van der Waals surface area contributed by atoms with Crippen molar-refractivity contribution < 1.29 is 9.47 Å². The summed E-state index contributed by atoms with van der Waals surface area (Å²) in [6.45, 7) is 8.80. The minimum Gasteiger partial charge on any atom is -0.477 e. The average molecular weight is 352 g/mol. The Bertz CT molecular complexity index is 813. The Morgan fingerprint density at radius 1 is 1.15 bits per heavy atom. The third kappa shape index (κ3) is 3.42. The van der Waals surface area contributed by atoms with Crippen LogP contribution in [0.3, 0.4) is 0 Å². The van der Waals surface area contributed by atoms with E-state index in [1.165, 1.54) is 5.56 Å². The normalized spacial score (nSPS) is 16.6. The van der Waals surface area contributed by atoms with E-state index in [2.05, 4.69) is 34.8 Å². The summed E-state index contributed by atoms with van der Waals surface area (Å²) in [6, 6.07) is 6.15. The Labute approximate surface area is 153 Å². The lowest BCUT2D eigenvalue weighted by molar-refractivity contribution is 0.122. The van der Waals surface area contributed by atoms with E-state index in [0.29, 0.717) is 24.9 Å². The first-order chi connectivity index (χ1) is 12.7. The number of aliphatic imine (C=N–C) groups is 1. The van der Waals surface area contributed by atoms with Crippen LogP contribution in [-0.4, -0.2) is 48.6 Å². The maximum absolute atomic E-state index is 5.97. The van der Waals surface area contributed by atoms with Gasteiger partial charge < -0.3 is 14.4 Å². The lowest BCUT2D eigenvalue weighted by Crippen LogP contribution is -2.36. The van der Waals surface area contributed by atoms with Gasteiger partial charge in [0.05, 0.1) is 37.6 Å². The quantitative estimate of drug-likeness (QED) is 0.828. The highest BCUT2D eigenvalue weighted by atomic mass is 16.5. The van der Waals surface area contributed by atoms with E-state index in [1.54, 1.807) is 6.20 Å². The van der Waals surface area contributed by atoms with Gasteiger partial charge in [0.2, 0.25) is 5.88 Å². The Hall–Kier alpha value is -2.47. The summed E-state index contributed by atoms with van der Waals surface area (Å²) in [7, 11) is 0. The molecular formula is C20H24N4O2. The molecular weight excluding hydrogens is 328 g/mol. The molecule has 0 unspecified atom stereocenters. The molecule has 0 saturated carbocycles. The van der Waals surface area contributed by atoms with Gasteiger partial charge in [-0.15, -0.1) is 0 Å². The van der Waals surface area contributed by atoms with Crippen molar-refractivity contribution in [1.82, 2.24) is 9.97 Å². The fourth-order valence-electron chi connectivity index (χ4n) is 3.23. The van der Waals surface area contributed by atoms with Crippen LogP contribution in [0.4, 0.5) is 5.82 Å². The average Bonchev–Trinajstić information content (AvgIpc) is 3.12. The molecule has 136 valence electrons. The zero-order valence-electron chi connectivity index (χ0n) is 15.3. The lowest BCUT2D eigenvalue weighted by atomic mass is 10.0. The molecule has 1 saturated heterocycles. The summed E-state index contributed by atoms with van der Waals surface area (Å²) in [5, 5.41) is 0. The summed E-state index contributed by atoms with van der Waals surface area (Å²) < 4.78 is 11.4. The molecule has 0 bridgehead atoms. The third-order valence-corrected chi connectivity index (χ3v) is 4.55. The van der Waals surface area contributed by atoms with Crippen LogP contribution in [-0.2, 0) is 11.3 Å². The second-order valence-corrected chi connectivity index (χ2v) is 7.02. The molecule has 0 N–H and O–H groups in total. The number of hydrogen-bond acceptors (Lipinski definition) is 6. The molecule has 26 heavy (non-hydrogen) atoms. The molecule has 4 rings (SSSR count). The number of hydrogen-bond donors (Lipinski definition) is 0. The van der Waals surface area contributed by atoms with Gasteiger partial charge in [0.15, 0.2) is 0 Å². The van der Waals surface area contributed by atoms with E-state index in [9.17, 15) is 0 Å². The van der Waals surface area contributed by atoms with Crippen LogP contribution in [0.25, 0.3) is 0 Å². The number of morpholine rings is 1. The standard InChI is InChI=1S/C20H24N4O2/c1-14(2)13-26-20-18-16(4-6-22-20)12-23-19(18)15-3-5-21-17(11-15)24-7-9-25-10-8-24/h3-6,11,14H,7-10,12-13H2,1-2H3. The number of anilines is 1. The summed E-state index contributed by atoms with van der Waals surface area (Å²) in [6.07, 6.45) is 3.66. The van der Waals surface area contributed by atoms with Gasteiger partial charge in [-0.25, -0.2) is 9.97 Å². The van der Waals surface area contributed by atoms with E-state index in [0.717, 1.165) is 49.0 Å². The SMILES string of the molecule is CC(C)COc1nccc2c1C(c1ccnc(N3CCOCC3)c1)=NC2. The van der Waals surface area contributed by atoms with Crippen molar-refractivity contribution >= 4 is 11.5 Å². The molecule has 2 aromatic heterocycles. The zero-order chi connectivity index (χ0) is 17.9. The molecule has 2 aliphatic rings. The van der Waals surface area contributed by atoms with Crippen molar-refractivity contribution in [3.05, 3.63) is 47.3 Å². The topological polar surface area (TPSA) is 59.8 Å². The second-order valence-electron chi connectivity index (χ2n) is 7.02. The van der Waals surface area contributed by atoms with E-state index >= 15 is 0 Å². The number of pyridine rings is 2. The van der Waals surface area contributed by atoms with Gasteiger partial charge in [-0.3, -0.25) is 4.99 Å². The Kier molecular flexibility index (Phi) is 4.84. The van der Waals surface area contributed by atoms with E-state index in [-0.39, 0.29) is 0 Å². The predicted molar refractivity (Wildman–Crippen MR) is 101 cm³/mol. The summed E-state index contributed by atoms with van der Waals surface area (Å²) in [4.78, 5) is 16.0. The number of nitrogens with zero attached hydrogens (tertiary/aromatic N) is 4. The second kappa shape index (κ2) is 7.41. The van der Waals surface area contributed by atoms with Crippen LogP contribution in [0, 0.1) is 5.92 Å². The first-order valence-electron chi connectivity index (χ1n) is 9.17. The van der Waals surface area contributed by atoms with Crippen LogP contribution in [0.1, 0.15) is 30.5 Å². The molecule has 4 heterocycles. The highest BCUT2D eigenvalue weighted by molar-refractivity contribution is 6.16. The van der Waals surface area contributed by atoms with Crippen molar-refractivity contribution in [3.63, 3.8) is 0 Å². The number of ether oxygens (including phenoxy) is 2. The molecule has 0 spiro atoms. The molecule has 6 nitrogen and oxygen atoms in total. The molecule has 0 amide bonds. The predicted octanol–water partition coefficient (Wildman–Crippen LogP) is 2.70. The highest BCUT2D eigenvalue weighted by Crippen LogP contribution is 2.30. The minimum absolute atomic E-state index is 0.447. The maximum atomic E-state index is 5.97. The van der Waals surface area contributed by atoms with Crippen LogP contribution >= 0.6 is 0 Å². The van der Waals surface area contributed by atoms with Crippen molar-refractivity contribution in [2.24, 2.45) is 10.9 Å². The zero-order valence-corrected chi connectivity index (χ0v) is 15.3. The fourth-order valence-corrected chi connectivity index (χ4v) is 3.23. The molecule has 0 radical (unpaired) electrons. The maximum Gasteiger partial charge on any atom is 0.223 e. The highest BCUT2D eigenvalue weighted by Gasteiger charge is 2.24. The molecule has 0 aromatic carbocycles. The summed E-state index contributed by atoms with van der Waals surface area (Å²) >= 11 is 0. The Morgan fingerprint density at radius 2 is 1.96 bits per heavy atom. The van der Waals surface area contributed by atoms with Gasteiger partial charge in [-0.1, -0.05) is 13.8 Å². The first kappa shape index (κ1) is 17.0. The van der Waals surface area contributed by atoms with E-state index < -0.39 is 0 Å². The number of rotatable bonds is 5. The monoisotopic (exact) mass is 352 g/mol. The van der Waals surface area contributed by atoms with Crippen LogP contribution in [0.15, 0.2) is 35.6 Å². The van der Waals surface area contributed by atoms with Gasteiger partial charge in [0.25, 0.3) is 0 Å². The van der Waals surface area contributed by atoms with Crippen molar-refractivity contribution in [3.8, 4) is 5.88 Å². The number of aromatic nitrogens is 2. The summed E-state index contributed by atoms with van der Waals surface area (Å²) in [5.41, 5.74) is 4.19. The molecule has 1 fully saturated rings. The molecule has 0 atom stereocenters. The smallest absolute Gasteiger partial charge is 0.223 e.